The number of esters is 1. The summed E-state index contributed by atoms with van der Waals surface area (Å²) in [6, 6.07) is 19.1. The first-order valence-electron chi connectivity index (χ1n) is 11.3. The number of thiophene rings is 1. The standard InChI is InChI=1S/C27H24N4O5S/c1-5-35-25(33)22(30-29)23(32)24-20(15-21(37-24)17-11-7-6-8-12-17)31(26(34)36-27(2,3)4)19-14-10-9-13-18(19)16-28/h6-15H,5H2,1-4H3. The Bertz CT molecular complexity index is 1430. The van der Waals surface area contributed by atoms with E-state index in [1.165, 1.54) is 6.07 Å². The molecule has 0 N–H and O–H groups in total. The number of carbonyl (C=O) groups excluding carboxylic acids is 3. The second-order valence-corrected chi connectivity index (χ2v) is 9.69. The summed E-state index contributed by atoms with van der Waals surface area (Å²) in [5.41, 5.74) is 8.86. The first-order valence-corrected chi connectivity index (χ1v) is 12.1. The third-order valence-electron chi connectivity index (χ3n) is 4.84. The molecule has 2 aromatic carbocycles. The van der Waals surface area contributed by atoms with Gasteiger partial charge in [0.05, 0.1) is 23.5 Å². The minimum Gasteiger partial charge on any atom is -0.457 e. The van der Waals surface area contributed by atoms with E-state index in [2.05, 4.69) is 10.9 Å². The number of para-hydroxylation sites is 1. The second kappa shape index (κ2) is 11.4. The van der Waals surface area contributed by atoms with Gasteiger partial charge in [-0.05, 0) is 51.5 Å². The lowest BCUT2D eigenvalue weighted by molar-refractivity contribution is -0.139. The molecule has 1 heterocycles. The van der Waals surface area contributed by atoms with Crippen LogP contribution in [0.4, 0.5) is 16.2 Å². The number of Topliss-reactive ketones (excluding diaryl/α,β-unsaturated/α-hetero) is 1. The molecular weight excluding hydrogens is 492 g/mol. The highest BCUT2D eigenvalue weighted by molar-refractivity contribution is 7.19. The van der Waals surface area contributed by atoms with E-state index in [4.69, 9.17) is 9.47 Å². The van der Waals surface area contributed by atoms with Crippen LogP contribution in [-0.4, -0.2) is 40.6 Å². The number of ketones is 1. The molecule has 0 atom stereocenters. The van der Waals surface area contributed by atoms with Crippen LogP contribution in [0.15, 0.2) is 60.7 Å². The van der Waals surface area contributed by atoms with Gasteiger partial charge in [-0.15, -0.1) is 11.3 Å². The molecule has 3 rings (SSSR count). The quantitative estimate of drug-likeness (QED) is 0.0976. The Morgan fingerprint density at radius 1 is 1.05 bits per heavy atom. The van der Waals surface area contributed by atoms with Crippen molar-refractivity contribution in [3.63, 3.8) is 0 Å². The van der Waals surface area contributed by atoms with E-state index in [1.54, 1.807) is 52.0 Å². The summed E-state index contributed by atoms with van der Waals surface area (Å²) < 4.78 is 10.5. The fourth-order valence-corrected chi connectivity index (χ4v) is 4.43. The molecular formula is C27H24N4O5S. The highest BCUT2D eigenvalue weighted by Gasteiger charge is 2.38. The van der Waals surface area contributed by atoms with Crippen molar-refractivity contribution in [2.24, 2.45) is 0 Å². The van der Waals surface area contributed by atoms with Crippen LogP contribution in [0.2, 0.25) is 0 Å². The van der Waals surface area contributed by atoms with Crippen LogP contribution < -0.4 is 4.90 Å². The number of carbonyl (C=O) groups is 3. The Morgan fingerprint density at radius 3 is 2.30 bits per heavy atom. The molecule has 0 radical (unpaired) electrons. The third kappa shape index (κ3) is 6.16. The number of anilines is 2. The number of ether oxygens (including phenoxy) is 2. The Hall–Kier alpha value is -4.58. The van der Waals surface area contributed by atoms with Crippen LogP contribution in [0.25, 0.3) is 16.0 Å². The molecule has 0 aliphatic heterocycles. The number of nitriles is 1. The lowest BCUT2D eigenvalue weighted by Crippen LogP contribution is -2.35. The summed E-state index contributed by atoms with van der Waals surface area (Å²) in [5.74, 6) is -2.07. The highest BCUT2D eigenvalue weighted by atomic mass is 32.1. The van der Waals surface area contributed by atoms with Crippen LogP contribution in [0.3, 0.4) is 0 Å². The molecule has 1 amide bonds. The number of nitrogens with zero attached hydrogens (tertiary/aromatic N) is 4. The molecule has 0 unspecified atom stereocenters. The third-order valence-corrected chi connectivity index (χ3v) is 6.02. The van der Waals surface area contributed by atoms with Gasteiger partial charge in [0, 0.05) is 4.88 Å². The van der Waals surface area contributed by atoms with Crippen molar-refractivity contribution >= 4 is 46.3 Å². The fourth-order valence-electron chi connectivity index (χ4n) is 3.34. The van der Waals surface area contributed by atoms with E-state index >= 15 is 0 Å². The van der Waals surface area contributed by atoms with Crippen molar-refractivity contribution in [3.05, 3.63) is 76.6 Å². The molecule has 188 valence electrons. The van der Waals surface area contributed by atoms with E-state index in [0.29, 0.717) is 4.88 Å². The van der Waals surface area contributed by atoms with Crippen molar-refractivity contribution in [1.29, 1.82) is 5.26 Å². The average Bonchev–Trinajstić information content (AvgIpc) is 3.29. The molecule has 0 aliphatic carbocycles. The van der Waals surface area contributed by atoms with Crippen LogP contribution >= 0.6 is 11.3 Å². The normalized spacial score (nSPS) is 10.6. The fraction of sp³-hybridized carbons (Fsp3) is 0.222. The van der Waals surface area contributed by atoms with Gasteiger partial charge in [-0.3, -0.25) is 4.79 Å². The van der Waals surface area contributed by atoms with E-state index in [0.717, 1.165) is 21.8 Å². The van der Waals surface area contributed by atoms with Gasteiger partial charge >= 0.3 is 17.8 Å². The Morgan fingerprint density at radius 2 is 1.70 bits per heavy atom. The topological polar surface area (TPSA) is 133 Å². The predicted molar refractivity (Wildman–Crippen MR) is 139 cm³/mol. The maximum atomic E-state index is 13.5. The van der Waals surface area contributed by atoms with E-state index in [1.807, 2.05) is 30.3 Å². The molecule has 37 heavy (non-hydrogen) atoms. The van der Waals surface area contributed by atoms with Gasteiger partial charge in [0.25, 0.3) is 5.78 Å². The van der Waals surface area contributed by atoms with Gasteiger partial charge in [-0.1, -0.05) is 42.5 Å². The predicted octanol–water partition coefficient (Wildman–Crippen LogP) is 5.78. The number of benzene rings is 2. The van der Waals surface area contributed by atoms with Crippen LogP contribution in [-0.2, 0) is 14.3 Å². The van der Waals surface area contributed by atoms with Gasteiger partial charge in [0.1, 0.15) is 16.5 Å². The van der Waals surface area contributed by atoms with Gasteiger partial charge in [-0.2, -0.15) is 10.1 Å². The molecule has 0 saturated heterocycles. The number of rotatable bonds is 7. The highest BCUT2D eigenvalue weighted by Crippen LogP contribution is 2.41. The molecule has 0 spiro atoms. The Kier molecular flexibility index (Phi) is 8.35. The molecule has 0 saturated carbocycles. The molecule has 10 heteroatoms. The SMILES string of the molecule is CCOC(=O)C(=[N+]=[N-])C(=O)c1sc(-c2ccccc2)cc1N(C(=O)OC(C)(C)C)c1ccccc1C#N. The second-order valence-electron chi connectivity index (χ2n) is 8.63. The zero-order chi connectivity index (χ0) is 27.2. The zero-order valence-electron chi connectivity index (χ0n) is 20.7. The Balaban J connectivity index is 2.32. The average molecular weight is 517 g/mol. The Labute approximate surface area is 218 Å². The molecule has 0 fully saturated rings. The molecule has 9 nitrogen and oxygen atoms in total. The van der Waals surface area contributed by atoms with Crippen LogP contribution in [0.5, 0.6) is 0 Å². The molecule has 0 bridgehead atoms. The van der Waals surface area contributed by atoms with Crippen molar-refractivity contribution in [2.75, 3.05) is 11.5 Å². The first kappa shape index (κ1) is 27.0. The summed E-state index contributed by atoms with van der Waals surface area (Å²) in [6.45, 7) is 6.56. The van der Waals surface area contributed by atoms with Crippen molar-refractivity contribution in [2.45, 2.75) is 33.3 Å². The van der Waals surface area contributed by atoms with Crippen molar-refractivity contribution < 1.29 is 28.6 Å². The number of amides is 1. The summed E-state index contributed by atoms with van der Waals surface area (Å²) in [4.78, 5) is 43.9. The molecule has 0 aliphatic rings. The number of hydrogen-bond acceptors (Lipinski definition) is 7. The smallest absolute Gasteiger partial charge is 0.447 e. The minimum absolute atomic E-state index is 0.0444. The summed E-state index contributed by atoms with van der Waals surface area (Å²) in [7, 11) is 0. The van der Waals surface area contributed by atoms with E-state index < -0.39 is 29.2 Å². The monoisotopic (exact) mass is 516 g/mol. The lowest BCUT2D eigenvalue weighted by atomic mass is 10.1. The largest absolute Gasteiger partial charge is 0.457 e. The molecule has 3 aromatic rings. The summed E-state index contributed by atoms with van der Waals surface area (Å²) in [5, 5.41) is 9.74. The van der Waals surface area contributed by atoms with Gasteiger partial charge in [-0.25, -0.2) is 14.5 Å². The van der Waals surface area contributed by atoms with Crippen molar-refractivity contribution in [1.82, 2.24) is 0 Å². The van der Waals surface area contributed by atoms with Crippen LogP contribution in [0.1, 0.15) is 42.9 Å². The van der Waals surface area contributed by atoms with E-state index in [-0.39, 0.29) is 28.4 Å². The number of hydrogen-bond donors (Lipinski definition) is 0. The van der Waals surface area contributed by atoms with Crippen LogP contribution in [0, 0.1) is 11.3 Å². The lowest BCUT2D eigenvalue weighted by Gasteiger charge is -2.28. The zero-order valence-corrected chi connectivity index (χ0v) is 21.5. The van der Waals surface area contributed by atoms with Gasteiger partial charge in [0.15, 0.2) is 0 Å². The first-order chi connectivity index (χ1) is 17.6. The maximum Gasteiger partial charge on any atom is 0.447 e. The minimum atomic E-state index is -1.11. The summed E-state index contributed by atoms with van der Waals surface area (Å²) >= 11 is 0.990. The van der Waals surface area contributed by atoms with Gasteiger partial charge in [0.2, 0.25) is 0 Å². The molecule has 1 aromatic heterocycles. The van der Waals surface area contributed by atoms with Crippen molar-refractivity contribution in [3.8, 4) is 16.5 Å². The van der Waals surface area contributed by atoms with Gasteiger partial charge < -0.3 is 15.0 Å². The summed E-state index contributed by atoms with van der Waals surface area (Å²) in [6.07, 6.45) is -0.847. The van der Waals surface area contributed by atoms with E-state index in [9.17, 15) is 25.2 Å². The maximum absolute atomic E-state index is 13.5.